The lowest BCUT2D eigenvalue weighted by atomic mass is 10.0. The van der Waals surface area contributed by atoms with Gasteiger partial charge in [0.1, 0.15) is 13.2 Å². The van der Waals surface area contributed by atoms with Crippen LogP contribution in [-0.2, 0) is 18.4 Å². The van der Waals surface area contributed by atoms with Crippen molar-refractivity contribution in [1.29, 1.82) is 0 Å². The predicted octanol–water partition coefficient (Wildman–Crippen LogP) is 19.2. The second-order valence-corrected chi connectivity index (χ2v) is 24.6. The third-order valence-corrected chi connectivity index (χ3v) is 15.8. The normalized spacial score (nSPS) is 13.8. The molecule has 0 aromatic carbocycles. The lowest BCUT2D eigenvalue weighted by molar-refractivity contribution is -0.870. The van der Waals surface area contributed by atoms with E-state index in [-0.39, 0.29) is 19.1 Å². The molecular weight excluding hydrogens is 888 g/mol. The lowest BCUT2D eigenvalue weighted by Gasteiger charge is -2.26. The summed E-state index contributed by atoms with van der Waals surface area (Å²) < 4.78 is 23.8. The van der Waals surface area contributed by atoms with Crippen LogP contribution in [0.4, 0.5) is 0 Å². The fourth-order valence-corrected chi connectivity index (χ4v) is 10.7. The number of rotatable bonds is 59. The van der Waals surface area contributed by atoms with E-state index in [1.54, 1.807) is 0 Å². The summed E-state index contributed by atoms with van der Waals surface area (Å²) in [7, 11) is 1.64. The molecule has 0 aromatic heterocycles. The molecule has 8 nitrogen and oxygen atoms in total. The standard InChI is InChI=1S/C61H125N2O6P/c1-6-8-10-12-14-16-18-20-21-22-23-24-25-26-27-28-29-30-31-32-33-34-35-36-37-38-39-40-41-43-45-47-49-51-53-55-61(65)62-59(58-69-70(66,67)68-57-56-63(3,4)5)60(64)54-52-50-48-46-44-42-19-17-15-13-11-9-7-2/h59-60,64H,6-58H2,1-5H3,(H-,62,65,66,67)/p+1. The molecule has 9 heteroatoms. The zero-order valence-electron chi connectivity index (χ0n) is 48.1. The van der Waals surface area contributed by atoms with E-state index in [2.05, 4.69) is 19.2 Å². The average Bonchev–Trinajstić information content (AvgIpc) is 3.32. The number of aliphatic hydroxyl groups is 1. The van der Waals surface area contributed by atoms with E-state index in [1.807, 2.05) is 21.1 Å². The van der Waals surface area contributed by atoms with Gasteiger partial charge in [-0.05, 0) is 12.8 Å². The number of aliphatic hydroxyl groups excluding tert-OH is 1. The quantitative estimate of drug-likeness (QED) is 0.0318. The Balaban J connectivity index is 3.86. The van der Waals surface area contributed by atoms with E-state index in [1.165, 1.54) is 270 Å². The molecule has 0 saturated heterocycles. The van der Waals surface area contributed by atoms with Gasteiger partial charge in [0.2, 0.25) is 5.91 Å². The first-order valence-electron chi connectivity index (χ1n) is 31.4. The summed E-state index contributed by atoms with van der Waals surface area (Å²) in [5, 5.41) is 14.0. The van der Waals surface area contributed by atoms with Crippen LogP contribution in [0, 0.1) is 0 Å². The van der Waals surface area contributed by atoms with Gasteiger partial charge in [-0.15, -0.1) is 0 Å². The molecule has 0 aromatic rings. The maximum Gasteiger partial charge on any atom is 0.472 e. The van der Waals surface area contributed by atoms with Gasteiger partial charge in [-0.3, -0.25) is 13.8 Å². The predicted molar refractivity (Wildman–Crippen MR) is 305 cm³/mol. The first kappa shape index (κ1) is 69.5. The third kappa shape index (κ3) is 55.3. The third-order valence-electron chi connectivity index (χ3n) is 14.9. The molecule has 0 fully saturated rings. The summed E-state index contributed by atoms with van der Waals surface area (Å²) in [6.07, 6.45) is 64.8. The van der Waals surface area contributed by atoms with Gasteiger partial charge in [0.15, 0.2) is 0 Å². The van der Waals surface area contributed by atoms with Crippen molar-refractivity contribution in [2.24, 2.45) is 0 Å². The summed E-state index contributed by atoms with van der Waals surface area (Å²) in [5.41, 5.74) is 0. The number of hydrogen-bond donors (Lipinski definition) is 3. The van der Waals surface area contributed by atoms with Crippen LogP contribution in [0.5, 0.6) is 0 Å². The number of unbranched alkanes of at least 4 members (excludes halogenated alkanes) is 46. The van der Waals surface area contributed by atoms with Gasteiger partial charge in [0.25, 0.3) is 0 Å². The summed E-state index contributed by atoms with van der Waals surface area (Å²) in [5.74, 6) is -0.136. The van der Waals surface area contributed by atoms with E-state index in [0.717, 1.165) is 38.5 Å². The highest BCUT2D eigenvalue weighted by Crippen LogP contribution is 2.43. The van der Waals surface area contributed by atoms with Crippen LogP contribution in [0.15, 0.2) is 0 Å². The molecule has 0 rings (SSSR count). The Morgan fingerprint density at radius 2 is 0.686 bits per heavy atom. The van der Waals surface area contributed by atoms with Crippen molar-refractivity contribution in [3.63, 3.8) is 0 Å². The molecule has 0 bridgehead atoms. The number of amides is 1. The minimum absolute atomic E-state index is 0.0789. The largest absolute Gasteiger partial charge is 0.472 e. The monoisotopic (exact) mass is 1010 g/mol. The van der Waals surface area contributed by atoms with Gasteiger partial charge >= 0.3 is 7.82 Å². The highest BCUT2D eigenvalue weighted by atomic mass is 31.2. The fourth-order valence-electron chi connectivity index (χ4n) is 9.93. The van der Waals surface area contributed by atoms with E-state index in [9.17, 15) is 19.4 Å². The van der Waals surface area contributed by atoms with Crippen LogP contribution >= 0.6 is 7.82 Å². The Morgan fingerprint density at radius 1 is 0.429 bits per heavy atom. The second-order valence-electron chi connectivity index (χ2n) is 23.2. The van der Waals surface area contributed by atoms with Crippen LogP contribution in [0.3, 0.4) is 0 Å². The molecular formula is C61H126N2O6P+. The van der Waals surface area contributed by atoms with Crippen molar-refractivity contribution in [3.05, 3.63) is 0 Å². The molecule has 0 aliphatic carbocycles. The first-order chi connectivity index (χ1) is 34.0. The maximum absolute atomic E-state index is 13.0. The van der Waals surface area contributed by atoms with Crippen molar-refractivity contribution < 1.29 is 32.9 Å². The van der Waals surface area contributed by atoms with Gasteiger partial charge in [-0.1, -0.05) is 316 Å². The smallest absolute Gasteiger partial charge is 0.391 e. The molecule has 3 atom stereocenters. The zero-order chi connectivity index (χ0) is 51.3. The average molecular weight is 1010 g/mol. The Hall–Kier alpha value is -0.500. The summed E-state index contributed by atoms with van der Waals surface area (Å²) in [4.78, 5) is 23.3. The van der Waals surface area contributed by atoms with Gasteiger partial charge < -0.3 is 19.8 Å². The van der Waals surface area contributed by atoms with Crippen LogP contribution in [0.25, 0.3) is 0 Å². The number of nitrogens with one attached hydrogen (secondary N) is 1. The Kier molecular flexibility index (Phi) is 52.9. The van der Waals surface area contributed by atoms with Crippen LogP contribution in [0.2, 0.25) is 0 Å². The number of hydrogen-bond acceptors (Lipinski definition) is 5. The molecule has 70 heavy (non-hydrogen) atoms. The minimum Gasteiger partial charge on any atom is -0.391 e. The maximum atomic E-state index is 13.0. The molecule has 0 saturated carbocycles. The first-order valence-corrected chi connectivity index (χ1v) is 32.9. The number of carbonyl (C=O) groups is 1. The van der Waals surface area contributed by atoms with Crippen LogP contribution in [0.1, 0.15) is 335 Å². The minimum atomic E-state index is -4.31. The number of quaternary nitrogens is 1. The van der Waals surface area contributed by atoms with Crippen molar-refractivity contribution in [1.82, 2.24) is 5.32 Å². The Morgan fingerprint density at radius 3 is 0.957 bits per heavy atom. The van der Waals surface area contributed by atoms with Gasteiger partial charge in [-0.2, -0.15) is 0 Å². The molecule has 3 unspecified atom stereocenters. The summed E-state index contributed by atoms with van der Waals surface area (Å²) in [6, 6.07) is -0.754. The van der Waals surface area contributed by atoms with E-state index in [4.69, 9.17) is 9.05 Å². The molecule has 0 aliphatic heterocycles. The molecule has 1 amide bonds. The molecule has 3 N–H and O–H groups in total. The summed E-state index contributed by atoms with van der Waals surface area (Å²) in [6.45, 7) is 4.94. The highest BCUT2D eigenvalue weighted by Gasteiger charge is 2.28. The van der Waals surface area contributed by atoms with E-state index < -0.39 is 20.0 Å². The van der Waals surface area contributed by atoms with Crippen molar-refractivity contribution >= 4 is 13.7 Å². The van der Waals surface area contributed by atoms with Gasteiger partial charge in [-0.25, -0.2) is 4.57 Å². The van der Waals surface area contributed by atoms with Crippen molar-refractivity contribution in [2.45, 2.75) is 347 Å². The fraction of sp³-hybridized carbons (Fsp3) is 0.984. The molecule has 0 aliphatic rings. The van der Waals surface area contributed by atoms with Gasteiger partial charge in [0.05, 0.1) is 39.9 Å². The number of phosphoric acid groups is 1. The number of phosphoric ester groups is 1. The summed E-state index contributed by atoms with van der Waals surface area (Å²) >= 11 is 0. The Bertz CT molecular complexity index is 1100. The van der Waals surface area contributed by atoms with E-state index in [0.29, 0.717) is 23.9 Å². The molecule has 0 heterocycles. The second kappa shape index (κ2) is 53.3. The molecule has 420 valence electrons. The number of likely N-dealkylation sites (N-methyl/N-ethyl adjacent to an activating group) is 1. The lowest BCUT2D eigenvalue weighted by Crippen LogP contribution is -2.46. The van der Waals surface area contributed by atoms with Crippen LogP contribution < -0.4 is 5.32 Å². The SMILES string of the molecule is CCCCCCCCCCCCCCCCCCCCCCCCCCCCCCCCCCCCCC(=O)NC(COP(=O)(O)OCC[N+](C)(C)C)C(O)CCCCCCCCCCCCCCC. The van der Waals surface area contributed by atoms with Crippen molar-refractivity contribution in [3.8, 4) is 0 Å². The Labute approximate surface area is 438 Å². The van der Waals surface area contributed by atoms with Crippen LogP contribution in [-0.4, -0.2) is 73.4 Å². The molecule has 0 radical (unpaired) electrons. The van der Waals surface area contributed by atoms with Crippen molar-refractivity contribution in [2.75, 3.05) is 40.9 Å². The number of nitrogens with zero attached hydrogens (tertiary/aromatic N) is 1. The highest BCUT2D eigenvalue weighted by molar-refractivity contribution is 7.47. The number of carbonyl (C=O) groups excluding carboxylic acids is 1. The van der Waals surface area contributed by atoms with Gasteiger partial charge in [0, 0.05) is 6.42 Å². The van der Waals surface area contributed by atoms with E-state index >= 15 is 0 Å². The zero-order valence-corrected chi connectivity index (χ0v) is 48.9. The molecule has 0 spiro atoms. The topological polar surface area (TPSA) is 105 Å².